The van der Waals surface area contributed by atoms with E-state index in [-0.39, 0.29) is 12.0 Å². The molecule has 1 saturated carbocycles. The van der Waals surface area contributed by atoms with Gasteiger partial charge in [0.25, 0.3) is 0 Å². The quantitative estimate of drug-likeness (QED) is 0.704. The average Bonchev–Trinajstić information content (AvgIpc) is 2.45. The lowest BCUT2D eigenvalue weighted by molar-refractivity contribution is 0.0486. The Morgan fingerprint density at radius 2 is 1.91 bits per heavy atom. The monoisotopic (exact) mass is 330 g/mol. The zero-order chi connectivity index (χ0) is 16.8. The molecule has 0 aromatic heterocycles. The Bertz CT molecular complexity index is 341. The molecule has 0 aromatic rings. The van der Waals surface area contributed by atoms with Gasteiger partial charge >= 0.3 is 6.09 Å². The highest BCUT2D eigenvalue weighted by Gasteiger charge is 2.28. The lowest BCUT2D eigenvalue weighted by Gasteiger charge is -2.32. The van der Waals surface area contributed by atoms with Crippen molar-refractivity contribution in [3.05, 3.63) is 0 Å². The smallest absolute Gasteiger partial charge is 0.409 e. The summed E-state index contributed by atoms with van der Waals surface area (Å²) < 4.78 is 5.29. The number of hydrogen-bond acceptors (Lipinski definition) is 4. The van der Waals surface area contributed by atoms with Gasteiger partial charge in [0.2, 0.25) is 0 Å². The molecule has 0 bridgehead atoms. The van der Waals surface area contributed by atoms with Gasteiger partial charge in [-0.05, 0) is 24.8 Å². The van der Waals surface area contributed by atoms with Crippen LogP contribution in [0.3, 0.4) is 0 Å². The first-order chi connectivity index (χ1) is 10.2. The van der Waals surface area contributed by atoms with Gasteiger partial charge in [-0.2, -0.15) is 0 Å². The Hall–Kier alpha value is -0.593. The molecule has 0 aromatic carbocycles. The number of aliphatic hydroxyl groups excluding tert-OH is 1. The van der Waals surface area contributed by atoms with E-state index in [1.54, 1.807) is 7.05 Å². The number of aliphatic hydroxyl groups is 1. The van der Waals surface area contributed by atoms with Crippen molar-refractivity contribution in [2.45, 2.75) is 69.9 Å². The third-order valence-corrected chi connectivity index (χ3v) is 6.15. The Labute approximate surface area is 136 Å². The summed E-state index contributed by atoms with van der Waals surface area (Å²) in [5.74, 6) is 0.278. The van der Waals surface area contributed by atoms with E-state index in [1.165, 1.54) is 24.2 Å². The van der Waals surface area contributed by atoms with Gasteiger partial charge in [0, 0.05) is 27.7 Å². The zero-order valence-electron chi connectivity index (χ0n) is 14.7. The molecule has 0 saturated heterocycles. The fourth-order valence-electron chi connectivity index (χ4n) is 2.88. The fraction of sp³-hybridized carbons (Fsp3) is 0.938. The van der Waals surface area contributed by atoms with Gasteiger partial charge in [-0.1, -0.05) is 38.9 Å². The second-order valence-electron chi connectivity index (χ2n) is 7.86. The molecule has 1 aliphatic carbocycles. The van der Waals surface area contributed by atoms with Crippen molar-refractivity contribution < 1.29 is 14.6 Å². The van der Waals surface area contributed by atoms with Crippen LogP contribution < -0.4 is 5.73 Å². The number of nitrogens with zero attached hydrogens (tertiary/aromatic N) is 1. The summed E-state index contributed by atoms with van der Waals surface area (Å²) in [5.41, 5.74) is 6.09. The van der Waals surface area contributed by atoms with E-state index < -0.39 is 20.2 Å². The van der Waals surface area contributed by atoms with Gasteiger partial charge in [0.15, 0.2) is 0 Å². The highest BCUT2D eigenvalue weighted by molar-refractivity contribution is 6.76. The second-order valence-corrected chi connectivity index (χ2v) is 13.5. The standard InChI is InChI=1S/C16H34N2O3Si/c1-18(16(20)21-10-11-22(2,3)4)12-14(17)15(19)13-8-6-5-7-9-13/h13-15,19H,5-12,17H2,1-4H3/t14-,15+/m1/s1. The van der Waals surface area contributed by atoms with E-state index in [2.05, 4.69) is 19.6 Å². The van der Waals surface area contributed by atoms with E-state index in [0.717, 1.165) is 18.9 Å². The molecule has 130 valence electrons. The highest BCUT2D eigenvalue weighted by atomic mass is 28.3. The Morgan fingerprint density at radius 3 is 2.45 bits per heavy atom. The molecule has 6 heteroatoms. The van der Waals surface area contributed by atoms with Crippen molar-refractivity contribution in [3.63, 3.8) is 0 Å². The number of ether oxygens (including phenoxy) is 1. The molecule has 3 N–H and O–H groups in total. The molecule has 0 spiro atoms. The summed E-state index contributed by atoms with van der Waals surface area (Å²) in [7, 11) is 0.493. The number of rotatable bonds is 7. The molecule has 2 atom stereocenters. The van der Waals surface area contributed by atoms with Crippen molar-refractivity contribution in [2.24, 2.45) is 11.7 Å². The van der Waals surface area contributed by atoms with Gasteiger partial charge in [-0.25, -0.2) is 4.79 Å². The topological polar surface area (TPSA) is 75.8 Å². The molecule has 0 unspecified atom stereocenters. The number of amides is 1. The van der Waals surface area contributed by atoms with Crippen LogP contribution in [0.4, 0.5) is 4.79 Å². The van der Waals surface area contributed by atoms with Crippen LogP contribution in [-0.2, 0) is 4.74 Å². The van der Waals surface area contributed by atoms with Gasteiger partial charge in [0.1, 0.15) is 0 Å². The van der Waals surface area contributed by atoms with Crippen LogP contribution in [-0.4, -0.2) is 56.5 Å². The predicted molar refractivity (Wildman–Crippen MR) is 92.7 cm³/mol. The van der Waals surface area contributed by atoms with Crippen molar-refractivity contribution in [1.82, 2.24) is 4.90 Å². The molecule has 1 amide bonds. The maximum Gasteiger partial charge on any atom is 0.409 e. The van der Waals surface area contributed by atoms with E-state index in [0.29, 0.717) is 13.2 Å². The Balaban J connectivity index is 2.32. The summed E-state index contributed by atoms with van der Waals surface area (Å²) in [6.07, 6.45) is 4.80. The van der Waals surface area contributed by atoms with Crippen LogP contribution in [0.2, 0.25) is 25.7 Å². The van der Waals surface area contributed by atoms with Crippen molar-refractivity contribution in [3.8, 4) is 0 Å². The van der Waals surface area contributed by atoms with E-state index in [9.17, 15) is 9.90 Å². The van der Waals surface area contributed by atoms with Crippen molar-refractivity contribution in [2.75, 3.05) is 20.2 Å². The maximum absolute atomic E-state index is 11.9. The first-order valence-corrected chi connectivity index (χ1v) is 12.2. The summed E-state index contributed by atoms with van der Waals surface area (Å²) in [5, 5.41) is 10.4. The molecule has 0 aliphatic heterocycles. The summed E-state index contributed by atoms with van der Waals surface area (Å²) >= 11 is 0. The molecular formula is C16H34N2O3Si. The summed E-state index contributed by atoms with van der Waals surface area (Å²) in [6.45, 7) is 7.56. The SMILES string of the molecule is CN(C[C@@H](N)[C@@H](O)C1CCCCC1)C(=O)OCC[Si](C)(C)C. The van der Waals surface area contributed by atoms with Gasteiger partial charge in [0.05, 0.1) is 12.7 Å². The molecule has 5 nitrogen and oxygen atoms in total. The molecule has 1 fully saturated rings. The Morgan fingerprint density at radius 1 is 1.32 bits per heavy atom. The number of carbonyl (C=O) groups excluding carboxylic acids is 1. The van der Waals surface area contributed by atoms with Gasteiger partial charge in [-0.3, -0.25) is 0 Å². The largest absolute Gasteiger partial charge is 0.450 e. The zero-order valence-corrected chi connectivity index (χ0v) is 15.7. The lowest BCUT2D eigenvalue weighted by atomic mass is 9.83. The number of nitrogens with two attached hydrogens (primary N) is 1. The molecule has 22 heavy (non-hydrogen) atoms. The summed E-state index contributed by atoms with van der Waals surface area (Å²) in [4.78, 5) is 13.4. The first kappa shape index (κ1) is 19.5. The minimum atomic E-state index is -1.19. The maximum atomic E-state index is 11.9. The molecule has 0 radical (unpaired) electrons. The Kier molecular flexibility index (Phi) is 7.86. The minimum absolute atomic E-state index is 0.278. The number of hydrogen-bond donors (Lipinski definition) is 2. The van der Waals surface area contributed by atoms with Crippen LogP contribution in [0.25, 0.3) is 0 Å². The third kappa shape index (κ3) is 7.11. The molecule has 0 heterocycles. The van der Waals surface area contributed by atoms with Crippen LogP contribution in [0, 0.1) is 5.92 Å². The second kappa shape index (κ2) is 8.89. The van der Waals surface area contributed by atoms with E-state index in [4.69, 9.17) is 10.5 Å². The third-order valence-electron chi connectivity index (χ3n) is 4.45. The number of carbonyl (C=O) groups is 1. The average molecular weight is 331 g/mol. The first-order valence-electron chi connectivity index (χ1n) is 8.52. The van der Waals surface area contributed by atoms with Crippen LogP contribution in [0.5, 0.6) is 0 Å². The highest BCUT2D eigenvalue weighted by Crippen LogP contribution is 2.27. The predicted octanol–water partition coefficient (Wildman–Crippen LogP) is 2.66. The van der Waals surface area contributed by atoms with E-state index >= 15 is 0 Å². The van der Waals surface area contributed by atoms with Gasteiger partial charge < -0.3 is 20.5 Å². The van der Waals surface area contributed by atoms with Crippen LogP contribution in [0.15, 0.2) is 0 Å². The molecular weight excluding hydrogens is 296 g/mol. The van der Waals surface area contributed by atoms with Crippen LogP contribution in [0.1, 0.15) is 32.1 Å². The van der Waals surface area contributed by atoms with E-state index in [1.807, 2.05) is 0 Å². The lowest BCUT2D eigenvalue weighted by Crippen LogP contribution is -2.48. The molecule has 1 rings (SSSR count). The fourth-order valence-corrected chi connectivity index (χ4v) is 3.59. The number of likely N-dealkylation sites (N-methyl/N-ethyl adjacent to an activating group) is 1. The van der Waals surface area contributed by atoms with Crippen molar-refractivity contribution >= 4 is 14.2 Å². The molecule has 1 aliphatic rings. The normalized spacial score (nSPS) is 19.5. The van der Waals surface area contributed by atoms with Crippen LogP contribution >= 0.6 is 0 Å². The minimum Gasteiger partial charge on any atom is -0.450 e. The summed E-state index contributed by atoms with van der Waals surface area (Å²) in [6, 6.07) is 0.557. The van der Waals surface area contributed by atoms with Gasteiger partial charge in [-0.15, -0.1) is 0 Å². The van der Waals surface area contributed by atoms with Crippen molar-refractivity contribution in [1.29, 1.82) is 0 Å².